The van der Waals surface area contributed by atoms with E-state index < -0.39 is 0 Å². The highest BCUT2D eigenvalue weighted by Gasteiger charge is 2.05. The van der Waals surface area contributed by atoms with Gasteiger partial charge in [-0.25, -0.2) is 0 Å². The van der Waals surface area contributed by atoms with Crippen LogP contribution in [0.2, 0.25) is 0 Å². The molecule has 80 valence electrons. The van der Waals surface area contributed by atoms with Gasteiger partial charge in [0, 0.05) is 30.3 Å². The Balaban J connectivity index is 2.37. The second-order valence-corrected chi connectivity index (χ2v) is 5.00. The van der Waals surface area contributed by atoms with E-state index in [1.54, 1.807) is 0 Å². The second-order valence-electron chi connectivity index (χ2n) is 3.41. The molecule has 0 amide bonds. The monoisotopic (exact) mass is 321 g/mol. The summed E-state index contributed by atoms with van der Waals surface area (Å²) >= 11 is 6.98. The molecule has 0 aliphatic heterocycles. The van der Waals surface area contributed by atoms with E-state index in [9.17, 15) is 0 Å². The van der Waals surface area contributed by atoms with Gasteiger partial charge in [0.2, 0.25) is 0 Å². The molecule has 0 aromatic rings. The number of allylic oxidation sites excluding steroid dienone is 2. The molecule has 0 aromatic heterocycles. The van der Waals surface area contributed by atoms with E-state index in [2.05, 4.69) is 55.0 Å². The minimum absolute atomic E-state index is 1.05. The third kappa shape index (κ3) is 4.76. The molecular formula is C11H17Br2N. The Labute approximate surface area is 103 Å². The maximum absolute atomic E-state index is 3.49. The summed E-state index contributed by atoms with van der Waals surface area (Å²) in [6.07, 6.45) is 9.31. The second kappa shape index (κ2) is 7.66. The van der Waals surface area contributed by atoms with Crippen LogP contribution < -0.4 is 0 Å². The zero-order valence-electron chi connectivity index (χ0n) is 8.38. The Morgan fingerprint density at radius 1 is 1.14 bits per heavy atom. The lowest BCUT2D eigenvalue weighted by Gasteiger charge is -2.21. The topological polar surface area (TPSA) is 3.24 Å². The van der Waals surface area contributed by atoms with E-state index in [4.69, 9.17) is 0 Å². The Bertz CT molecular complexity index is 205. The first-order valence-corrected chi connectivity index (χ1v) is 7.31. The van der Waals surface area contributed by atoms with Gasteiger partial charge in [-0.1, -0.05) is 50.1 Å². The number of nitrogens with zero attached hydrogens (tertiary/aromatic N) is 1. The molecule has 0 saturated heterocycles. The SMILES string of the molecule is BrCCN(CCBr)CC1=CCCC=C1. The first-order chi connectivity index (χ1) is 6.86. The van der Waals surface area contributed by atoms with Crippen LogP contribution in [0.15, 0.2) is 23.8 Å². The summed E-state index contributed by atoms with van der Waals surface area (Å²) in [6.45, 7) is 3.33. The first kappa shape index (κ1) is 12.5. The van der Waals surface area contributed by atoms with Crippen molar-refractivity contribution in [2.45, 2.75) is 12.8 Å². The van der Waals surface area contributed by atoms with Crippen LogP contribution in [-0.2, 0) is 0 Å². The molecule has 0 N–H and O–H groups in total. The maximum Gasteiger partial charge on any atom is 0.0231 e. The molecule has 0 fully saturated rings. The van der Waals surface area contributed by atoms with E-state index in [0.29, 0.717) is 0 Å². The molecule has 0 aromatic carbocycles. The Morgan fingerprint density at radius 3 is 2.36 bits per heavy atom. The zero-order valence-corrected chi connectivity index (χ0v) is 11.6. The summed E-state index contributed by atoms with van der Waals surface area (Å²) in [5.74, 6) is 0. The van der Waals surface area contributed by atoms with E-state index in [-0.39, 0.29) is 0 Å². The van der Waals surface area contributed by atoms with Crippen LogP contribution in [0.1, 0.15) is 12.8 Å². The van der Waals surface area contributed by atoms with Crippen molar-refractivity contribution < 1.29 is 0 Å². The van der Waals surface area contributed by atoms with E-state index in [0.717, 1.165) is 30.3 Å². The fraction of sp³-hybridized carbons (Fsp3) is 0.636. The third-order valence-electron chi connectivity index (χ3n) is 2.28. The molecule has 0 atom stereocenters. The van der Waals surface area contributed by atoms with Crippen molar-refractivity contribution in [3.05, 3.63) is 23.8 Å². The van der Waals surface area contributed by atoms with Crippen molar-refractivity contribution >= 4 is 31.9 Å². The van der Waals surface area contributed by atoms with Crippen molar-refractivity contribution in [2.75, 3.05) is 30.3 Å². The summed E-state index contributed by atoms with van der Waals surface area (Å²) in [4.78, 5) is 2.46. The summed E-state index contributed by atoms with van der Waals surface area (Å²) in [6, 6.07) is 0. The minimum atomic E-state index is 1.05. The van der Waals surface area contributed by atoms with Gasteiger partial charge < -0.3 is 0 Å². The molecule has 1 rings (SSSR count). The predicted octanol–water partition coefficient (Wildman–Crippen LogP) is 3.35. The normalized spacial score (nSPS) is 16.1. The van der Waals surface area contributed by atoms with Crippen LogP contribution in [0.5, 0.6) is 0 Å². The zero-order chi connectivity index (χ0) is 10.2. The highest BCUT2D eigenvalue weighted by Crippen LogP contribution is 2.11. The first-order valence-electron chi connectivity index (χ1n) is 5.06. The summed E-state index contributed by atoms with van der Waals surface area (Å²) < 4.78 is 0. The van der Waals surface area contributed by atoms with Crippen molar-refractivity contribution in [1.29, 1.82) is 0 Å². The smallest absolute Gasteiger partial charge is 0.0231 e. The van der Waals surface area contributed by atoms with Gasteiger partial charge in [-0.15, -0.1) is 0 Å². The van der Waals surface area contributed by atoms with Crippen molar-refractivity contribution in [1.82, 2.24) is 4.90 Å². The average Bonchev–Trinajstić information content (AvgIpc) is 2.20. The number of hydrogen-bond donors (Lipinski definition) is 0. The molecule has 1 aliphatic rings. The Kier molecular flexibility index (Phi) is 6.82. The fourth-order valence-corrected chi connectivity index (χ4v) is 2.56. The number of rotatable bonds is 6. The molecule has 0 unspecified atom stereocenters. The lowest BCUT2D eigenvalue weighted by Crippen LogP contribution is -2.29. The van der Waals surface area contributed by atoms with Gasteiger partial charge >= 0.3 is 0 Å². The minimum Gasteiger partial charge on any atom is -0.297 e. The molecular weight excluding hydrogens is 306 g/mol. The van der Waals surface area contributed by atoms with Gasteiger partial charge in [0.15, 0.2) is 0 Å². The van der Waals surface area contributed by atoms with Crippen LogP contribution in [0.4, 0.5) is 0 Å². The van der Waals surface area contributed by atoms with Gasteiger partial charge in [-0.3, -0.25) is 4.90 Å². The summed E-state index contributed by atoms with van der Waals surface area (Å²) in [7, 11) is 0. The van der Waals surface area contributed by atoms with Gasteiger partial charge in [-0.2, -0.15) is 0 Å². The summed E-state index contributed by atoms with van der Waals surface area (Å²) in [5.41, 5.74) is 1.47. The van der Waals surface area contributed by atoms with Crippen molar-refractivity contribution in [3.63, 3.8) is 0 Å². The predicted molar refractivity (Wildman–Crippen MR) is 70.5 cm³/mol. The molecule has 0 radical (unpaired) electrons. The third-order valence-corrected chi connectivity index (χ3v) is 2.99. The van der Waals surface area contributed by atoms with E-state index in [1.165, 1.54) is 18.4 Å². The quantitative estimate of drug-likeness (QED) is 0.678. The van der Waals surface area contributed by atoms with Gasteiger partial charge in [0.25, 0.3) is 0 Å². The highest BCUT2D eigenvalue weighted by atomic mass is 79.9. The van der Waals surface area contributed by atoms with Crippen LogP contribution in [0, 0.1) is 0 Å². The summed E-state index contributed by atoms with van der Waals surface area (Å²) in [5, 5.41) is 2.11. The van der Waals surface area contributed by atoms with Gasteiger partial charge in [0.1, 0.15) is 0 Å². The largest absolute Gasteiger partial charge is 0.297 e. The van der Waals surface area contributed by atoms with E-state index >= 15 is 0 Å². The Morgan fingerprint density at radius 2 is 1.86 bits per heavy atom. The van der Waals surface area contributed by atoms with Crippen LogP contribution in [0.3, 0.4) is 0 Å². The highest BCUT2D eigenvalue weighted by molar-refractivity contribution is 9.09. The van der Waals surface area contributed by atoms with Crippen LogP contribution >= 0.6 is 31.9 Å². The molecule has 14 heavy (non-hydrogen) atoms. The van der Waals surface area contributed by atoms with Crippen molar-refractivity contribution in [2.24, 2.45) is 0 Å². The molecule has 3 heteroatoms. The fourth-order valence-electron chi connectivity index (χ4n) is 1.55. The lowest BCUT2D eigenvalue weighted by molar-refractivity contribution is 0.339. The van der Waals surface area contributed by atoms with Crippen LogP contribution in [0.25, 0.3) is 0 Å². The Hall–Kier alpha value is 0.400. The maximum atomic E-state index is 3.49. The molecule has 0 bridgehead atoms. The number of hydrogen-bond acceptors (Lipinski definition) is 1. The lowest BCUT2D eigenvalue weighted by atomic mass is 10.1. The van der Waals surface area contributed by atoms with E-state index in [1.807, 2.05) is 0 Å². The molecule has 0 spiro atoms. The molecule has 1 nitrogen and oxygen atoms in total. The average molecular weight is 323 g/mol. The van der Waals surface area contributed by atoms with Gasteiger partial charge in [-0.05, 0) is 18.4 Å². The molecule has 0 heterocycles. The van der Waals surface area contributed by atoms with Crippen molar-refractivity contribution in [3.8, 4) is 0 Å². The standard InChI is InChI=1S/C11H17Br2N/c12-6-8-14(9-7-13)10-11-4-2-1-3-5-11/h2,4-5H,1,3,6-10H2. The van der Waals surface area contributed by atoms with Crippen LogP contribution in [-0.4, -0.2) is 35.2 Å². The van der Waals surface area contributed by atoms with Gasteiger partial charge in [0.05, 0.1) is 0 Å². The molecule has 1 aliphatic carbocycles. The number of halogens is 2. The number of alkyl halides is 2. The molecule has 0 saturated carbocycles.